The summed E-state index contributed by atoms with van der Waals surface area (Å²) in [4.78, 5) is 39.1. The number of ether oxygens (including phenoxy) is 2. The van der Waals surface area contributed by atoms with Gasteiger partial charge in [-0.1, -0.05) is 29.8 Å². The molecule has 8 nitrogen and oxygen atoms in total. The summed E-state index contributed by atoms with van der Waals surface area (Å²) in [5.74, 6) is -1.17. The van der Waals surface area contributed by atoms with Crippen LogP contribution in [0.5, 0.6) is 5.75 Å². The van der Waals surface area contributed by atoms with E-state index in [2.05, 4.69) is 33.5 Å². The summed E-state index contributed by atoms with van der Waals surface area (Å²) in [7, 11) is 0. The van der Waals surface area contributed by atoms with Crippen molar-refractivity contribution in [2.75, 3.05) is 19.8 Å². The van der Waals surface area contributed by atoms with Crippen LogP contribution in [0.25, 0.3) is 10.9 Å². The van der Waals surface area contributed by atoms with Gasteiger partial charge in [0, 0.05) is 41.6 Å². The van der Waals surface area contributed by atoms with Gasteiger partial charge in [0.05, 0.1) is 25.6 Å². The van der Waals surface area contributed by atoms with Crippen molar-refractivity contribution in [3.8, 4) is 5.75 Å². The topological polar surface area (TPSA) is 98.7 Å². The second-order valence-corrected chi connectivity index (χ2v) is 10.2. The monoisotopic (exact) mass is 553 g/mol. The first-order valence-corrected chi connectivity index (χ1v) is 14.0. The Labute approximate surface area is 234 Å². The quantitative estimate of drug-likeness (QED) is 0.376. The lowest BCUT2D eigenvalue weighted by Crippen LogP contribution is -2.50. The van der Waals surface area contributed by atoms with Gasteiger partial charge in [-0.15, -0.1) is 0 Å². The van der Waals surface area contributed by atoms with E-state index in [9.17, 15) is 14.4 Å². The van der Waals surface area contributed by atoms with Crippen molar-refractivity contribution >= 4 is 40.3 Å². The van der Waals surface area contributed by atoms with Crippen LogP contribution in [-0.4, -0.2) is 48.2 Å². The zero-order chi connectivity index (χ0) is 27.6. The maximum absolute atomic E-state index is 13.5. The molecule has 0 spiro atoms. The van der Waals surface area contributed by atoms with Crippen LogP contribution in [0.3, 0.4) is 0 Å². The third-order valence-electron chi connectivity index (χ3n) is 6.94. The number of carbonyl (C=O) groups is 3. The van der Waals surface area contributed by atoms with Crippen molar-refractivity contribution in [2.24, 2.45) is 5.92 Å². The molecule has 0 saturated carbocycles. The van der Waals surface area contributed by atoms with Gasteiger partial charge in [-0.3, -0.25) is 14.4 Å². The van der Waals surface area contributed by atoms with Crippen LogP contribution < -0.4 is 15.4 Å². The average molecular weight is 554 g/mol. The molecule has 208 valence electrons. The number of carbonyl (C=O) groups excluding carboxylic acids is 3. The maximum Gasteiger partial charge on any atom is 0.306 e. The summed E-state index contributed by atoms with van der Waals surface area (Å²) in [6.07, 6.45) is 5.51. The van der Waals surface area contributed by atoms with Crippen LogP contribution in [0, 0.1) is 5.92 Å². The first-order valence-electron chi connectivity index (χ1n) is 13.6. The zero-order valence-corrected chi connectivity index (χ0v) is 23.0. The molecule has 0 unspecified atom stereocenters. The van der Waals surface area contributed by atoms with Gasteiger partial charge in [-0.05, 0) is 68.5 Å². The molecular formula is C30H36ClN3O5. The summed E-state index contributed by atoms with van der Waals surface area (Å²) >= 11 is 5.94. The van der Waals surface area contributed by atoms with Crippen LogP contribution in [0.4, 0.5) is 0 Å². The number of fused-ring (bicyclic) bond motifs is 5. The highest BCUT2D eigenvalue weighted by Crippen LogP contribution is 2.24. The number of aromatic nitrogens is 1. The minimum absolute atomic E-state index is 0.0999. The Balaban J connectivity index is 1.51. The molecule has 1 aliphatic rings. The van der Waals surface area contributed by atoms with Crippen LogP contribution in [-0.2, 0) is 32.1 Å². The molecule has 0 radical (unpaired) electrons. The fourth-order valence-electron chi connectivity index (χ4n) is 4.90. The molecule has 0 saturated heterocycles. The molecule has 2 heterocycles. The van der Waals surface area contributed by atoms with Gasteiger partial charge in [0.25, 0.3) is 0 Å². The number of benzene rings is 2. The number of para-hydroxylation sites is 1. The van der Waals surface area contributed by atoms with Crippen LogP contribution in [0.1, 0.15) is 44.6 Å². The Morgan fingerprint density at radius 3 is 2.72 bits per heavy atom. The Kier molecular flexibility index (Phi) is 10.3. The standard InChI is InChI=1S/C30H36ClN3O5/c1-2-38-28(35)19-21(14-17-39-24-12-10-23(31)11-13-24)29(36)33-26-18-22-20-34(27-9-5-4-8-25(22)27)16-7-3-6-15-32-30(26)37/h4-5,8-13,20-21,26H,2-3,6-7,14-19H2,1H3,(H,32,37)(H,33,36)/t21-,26+/m1/s1. The van der Waals surface area contributed by atoms with E-state index in [1.54, 1.807) is 31.2 Å². The van der Waals surface area contributed by atoms with Gasteiger partial charge < -0.3 is 24.7 Å². The smallest absolute Gasteiger partial charge is 0.306 e. The predicted molar refractivity (Wildman–Crippen MR) is 151 cm³/mol. The first kappa shape index (κ1) is 28.5. The summed E-state index contributed by atoms with van der Waals surface area (Å²) in [5.41, 5.74) is 2.12. The largest absolute Gasteiger partial charge is 0.494 e. The number of halogens is 1. The SMILES string of the molecule is CCOC(=O)C[C@@H](CCOc1ccc(Cl)cc1)C(=O)N[C@H]1Cc2cn(c3ccccc23)CCCCCNC1=O. The second kappa shape index (κ2) is 14.0. The molecule has 2 amide bonds. The summed E-state index contributed by atoms with van der Waals surface area (Å²) in [6, 6.07) is 14.3. The lowest BCUT2D eigenvalue weighted by molar-refractivity contribution is -0.146. The molecule has 2 N–H and O–H groups in total. The van der Waals surface area contributed by atoms with E-state index in [1.807, 2.05) is 12.1 Å². The molecule has 2 aromatic carbocycles. The number of hydrogen-bond acceptors (Lipinski definition) is 5. The summed E-state index contributed by atoms with van der Waals surface area (Å²) < 4.78 is 13.1. The first-order chi connectivity index (χ1) is 18.9. The lowest BCUT2D eigenvalue weighted by atomic mass is 9.98. The normalized spacial score (nSPS) is 16.9. The Morgan fingerprint density at radius 2 is 1.92 bits per heavy atom. The van der Waals surface area contributed by atoms with Gasteiger partial charge in [-0.2, -0.15) is 0 Å². The Hall–Kier alpha value is -3.52. The second-order valence-electron chi connectivity index (χ2n) is 9.78. The van der Waals surface area contributed by atoms with Crippen molar-refractivity contribution in [1.29, 1.82) is 0 Å². The minimum atomic E-state index is -0.780. The molecule has 2 bridgehead atoms. The van der Waals surface area contributed by atoms with Gasteiger partial charge in [0.15, 0.2) is 0 Å². The molecule has 0 fully saturated rings. The summed E-state index contributed by atoms with van der Waals surface area (Å²) in [5, 5.41) is 7.60. The Bertz CT molecular complexity index is 1270. The fraction of sp³-hybridized carbons (Fsp3) is 0.433. The third-order valence-corrected chi connectivity index (χ3v) is 7.19. The minimum Gasteiger partial charge on any atom is -0.494 e. The highest BCUT2D eigenvalue weighted by molar-refractivity contribution is 6.30. The van der Waals surface area contributed by atoms with E-state index in [0.29, 0.717) is 23.7 Å². The third kappa shape index (κ3) is 7.99. The number of aryl methyl sites for hydroxylation is 1. The zero-order valence-electron chi connectivity index (χ0n) is 22.3. The number of amides is 2. The molecule has 0 aliphatic carbocycles. The fourth-order valence-corrected chi connectivity index (χ4v) is 5.03. The number of esters is 1. The number of nitrogens with zero attached hydrogens (tertiary/aromatic N) is 1. The van der Waals surface area contributed by atoms with E-state index < -0.39 is 17.9 Å². The summed E-state index contributed by atoms with van der Waals surface area (Å²) in [6.45, 7) is 3.62. The molecule has 1 aliphatic heterocycles. The molecule has 3 aromatic rings. The van der Waals surface area contributed by atoms with Crippen molar-refractivity contribution < 1.29 is 23.9 Å². The predicted octanol–water partition coefficient (Wildman–Crippen LogP) is 4.66. The van der Waals surface area contributed by atoms with Gasteiger partial charge in [0.2, 0.25) is 11.8 Å². The average Bonchev–Trinajstić information content (AvgIpc) is 3.27. The van der Waals surface area contributed by atoms with E-state index in [0.717, 1.165) is 42.3 Å². The van der Waals surface area contributed by atoms with Gasteiger partial charge in [-0.25, -0.2) is 0 Å². The number of rotatable bonds is 9. The van der Waals surface area contributed by atoms with Crippen molar-refractivity contribution in [2.45, 2.75) is 58.0 Å². The van der Waals surface area contributed by atoms with E-state index in [1.165, 1.54) is 0 Å². The van der Waals surface area contributed by atoms with E-state index in [4.69, 9.17) is 21.1 Å². The van der Waals surface area contributed by atoms with Crippen LogP contribution >= 0.6 is 11.6 Å². The highest BCUT2D eigenvalue weighted by atomic mass is 35.5. The van der Waals surface area contributed by atoms with Crippen molar-refractivity contribution in [3.05, 3.63) is 65.3 Å². The highest BCUT2D eigenvalue weighted by Gasteiger charge is 2.29. The molecule has 4 rings (SSSR count). The van der Waals surface area contributed by atoms with Crippen molar-refractivity contribution in [1.82, 2.24) is 15.2 Å². The van der Waals surface area contributed by atoms with Gasteiger partial charge in [0.1, 0.15) is 11.8 Å². The lowest BCUT2D eigenvalue weighted by Gasteiger charge is -2.22. The Morgan fingerprint density at radius 1 is 1.13 bits per heavy atom. The van der Waals surface area contributed by atoms with Gasteiger partial charge >= 0.3 is 5.97 Å². The number of hydrogen-bond donors (Lipinski definition) is 2. The van der Waals surface area contributed by atoms with Crippen LogP contribution in [0.2, 0.25) is 5.02 Å². The van der Waals surface area contributed by atoms with Crippen molar-refractivity contribution in [3.63, 3.8) is 0 Å². The van der Waals surface area contributed by atoms with Crippen LogP contribution in [0.15, 0.2) is 54.7 Å². The maximum atomic E-state index is 13.5. The molecule has 9 heteroatoms. The number of nitrogens with one attached hydrogen (secondary N) is 2. The van der Waals surface area contributed by atoms with E-state index >= 15 is 0 Å². The molecule has 39 heavy (non-hydrogen) atoms. The molecule has 2 atom stereocenters. The van der Waals surface area contributed by atoms with E-state index in [-0.39, 0.29) is 37.9 Å². The molecular weight excluding hydrogens is 518 g/mol. The molecule has 1 aromatic heterocycles.